The van der Waals surface area contributed by atoms with Crippen LogP contribution >= 0.6 is 11.3 Å². The third-order valence-corrected chi connectivity index (χ3v) is 4.28. The third-order valence-electron chi connectivity index (χ3n) is 3.42. The lowest BCUT2D eigenvalue weighted by atomic mass is 9.98. The van der Waals surface area contributed by atoms with Crippen LogP contribution in [0.1, 0.15) is 18.7 Å². The largest absolute Gasteiger partial charge is 0.481 e. The summed E-state index contributed by atoms with van der Waals surface area (Å²) in [5.74, 6) is 0.135. The van der Waals surface area contributed by atoms with Crippen molar-refractivity contribution in [1.29, 1.82) is 0 Å². The second-order valence-electron chi connectivity index (χ2n) is 4.91. The highest BCUT2D eigenvalue weighted by molar-refractivity contribution is 7.13. The summed E-state index contributed by atoms with van der Waals surface area (Å²) < 4.78 is 5.23. The van der Waals surface area contributed by atoms with Crippen molar-refractivity contribution < 1.29 is 14.4 Å². The summed E-state index contributed by atoms with van der Waals surface area (Å²) in [6, 6.07) is 3.87. The zero-order chi connectivity index (χ0) is 13.9. The van der Waals surface area contributed by atoms with E-state index in [-0.39, 0.29) is 5.92 Å². The topological polar surface area (TPSA) is 79.5 Å². The quantitative estimate of drug-likeness (QED) is 0.930. The molecular formula is C13H15N3O3S. The highest BCUT2D eigenvalue weighted by Gasteiger charge is 2.26. The number of hydrogen-bond donors (Lipinski definition) is 1. The zero-order valence-corrected chi connectivity index (χ0v) is 11.7. The van der Waals surface area contributed by atoms with Crippen molar-refractivity contribution >= 4 is 17.3 Å². The van der Waals surface area contributed by atoms with Crippen molar-refractivity contribution in [3.05, 3.63) is 23.3 Å². The Morgan fingerprint density at radius 3 is 3.25 bits per heavy atom. The molecule has 6 nitrogen and oxygen atoms in total. The fraction of sp³-hybridized carbons (Fsp3) is 0.462. The van der Waals surface area contributed by atoms with Gasteiger partial charge in [-0.1, -0.05) is 11.2 Å². The SMILES string of the molecule is O=C(O)C1CCCN(Cc2noc(-c3cccs3)n2)C1. The van der Waals surface area contributed by atoms with E-state index in [9.17, 15) is 4.79 Å². The van der Waals surface area contributed by atoms with Crippen molar-refractivity contribution in [3.63, 3.8) is 0 Å². The summed E-state index contributed by atoms with van der Waals surface area (Å²) >= 11 is 1.55. The first kappa shape index (κ1) is 13.3. The van der Waals surface area contributed by atoms with Gasteiger partial charge >= 0.3 is 5.97 Å². The minimum absolute atomic E-state index is 0.285. The van der Waals surface area contributed by atoms with Crippen LogP contribution < -0.4 is 0 Å². The molecule has 20 heavy (non-hydrogen) atoms. The Kier molecular flexibility index (Phi) is 3.79. The number of carboxylic acid groups (broad SMARTS) is 1. The number of carbonyl (C=O) groups is 1. The van der Waals surface area contributed by atoms with E-state index in [0.29, 0.717) is 24.8 Å². The number of aliphatic carboxylic acids is 1. The Balaban J connectivity index is 1.64. The summed E-state index contributed by atoms with van der Waals surface area (Å²) in [7, 11) is 0. The molecule has 0 aliphatic carbocycles. The molecule has 1 fully saturated rings. The Hall–Kier alpha value is -1.73. The van der Waals surface area contributed by atoms with Gasteiger partial charge in [-0.25, -0.2) is 0 Å². The number of rotatable bonds is 4. The number of piperidine rings is 1. The Bertz CT molecular complexity index is 581. The number of aromatic nitrogens is 2. The molecule has 2 aromatic rings. The predicted molar refractivity (Wildman–Crippen MR) is 73.2 cm³/mol. The first-order chi connectivity index (χ1) is 9.72. The minimum Gasteiger partial charge on any atom is -0.481 e. The molecule has 106 valence electrons. The molecule has 1 atom stereocenters. The summed E-state index contributed by atoms with van der Waals surface area (Å²) in [6.07, 6.45) is 1.64. The van der Waals surface area contributed by atoms with Crippen LogP contribution in [0, 0.1) is 5.92 Å². The molecule has 3 heterocycles. The van der Waals surface area contributed by atoms with Crippen LogP contribution in [-0.2, 0) is 11.3 Å². The molecule has 1 unspecified atom stereocenters. The van der Waals surface area contributed by atoms with Gasteiger partial charge in [-0.3, -0.25) is 9.69 Å². The first-order valence-corrected chi connectivity index (χ1v) is 7.42. The molecule has 1 aliphatic heterocycles. The molecule has 0 radical (unpaired) electrons. The van der Waals surface area contributed by atoms with Gasteiger partial charge in [-0.2, -0.15) is 4.98 Å². The molecule has 1 saturated heterocycles. The Morgan fingerprint density at radius 1 is 1.60 bits per heavy atom. The smallest absolute Gasteiger partial charge is 0.307 e. The summed E-state index contributed by atoms with van der Waals surface area (Å²) in [5.41, 5.74) is 0. The third kappa shape index (κ3) is 2.88. The van der Waals surface area contributed by atoms with Crippen LogP contribution in [0.3, 0.4) is 0 Å². The van der Waals surface area contributed by atoms with Gasteiger partial charge in [-0.05, 0) is 30.8 Å². The van der Waals surface area contributed by atoms with Crippen LogP contribution in [0.25, 0.3) is 10.8 Å². The molecule has 0 spiro atoms. The molecule has 1 N–H and O–H groups in total. The molecule has 2 aromatic heterocycles. The van der Waals surface area contributed by atoms with E-state index in [1.165, 1.54) is 0 Å². The number of nitrogens with zero attached hydrogens (tertiary/aromatic N) is 3. The van der Waals surface area contributed by atoms with Crippen LogP contribution in [0.5, 0.6) is 0 Å². The number of carboxylic acids is 1. The molecule has 3 rings (SSSR count). The van der Waals surface area contributed by atoms with E-state index in [4.69, 9.17) is 9.63 Å². The van der Waals surface area contributed by atoms with E-state index < -0.39 is 5.97 Å². The second kappa shape index (κ2) is 5.72. The van der Waals surface area contributed by atoms with Crippen molar-refractivity contribution in [2.75, 3.05) is 13.1 Å². The minimum atomic E-state index is -0.720. The van der Waals surface area contributed by atoms with Gasteiger partial charge in [0.15, 0.2) is 5.82 Å². The number of hydrogen-bond acceptors (Lipinski definition) is 6. The Morgan fingerprint density at radius 2 is 2.50 bits per heavy atom. The molecule has 7 heteroatoms. The fourth-order valence-electron chi connectivity index (χ4n) is 2.42. The second-order valence-corrected chi connectivity index (χ2v) is 5.85. The van der Waals surface area contributed by atoms with Gasteiger partial charge in [0, 0.05) is 6.54 Å². The van der Waals surface area contributed by atoms with Gasteiger partial charge in [0.25, 0.3) is 5.89 Å². The van der Waals surface area contributed by atoms with Crippen molar-refractivity contribution in [2.45, 2.75) is 19.4 Å². The first-order valence-electron chi connectivity index (χ1n) is 6.54. The summed E-state index contributed by atoms with van der Waals surface area (Å²) in [6.45, 7) is 1.98. The predicted octanol–water partition coefficient (Wildman–Crippen LogP) is 2.09. The van der Waals surface area contributed by atoms with Crippen LogP contribution in [0.4, 0.5) is 0 Å². The lowest BCUT2D eigenvalue weighted by Crippen LogP contribution is -2.38. The van der Waals surface area contributed by atoms with Crippen LogP contribution in [0.15, 0.2) is 22.0 Å². The summed E-state index contributed by atoms with van der Waals surface area (Å²) in [4.78, 5) is 18.4. The van der Waals surface area contributed by atoms with Crippen molar-refractivity contribution in [2.24, 2.45) is 5.92 Å². The highest BCUT2D eigenvalue weighted by atomic mass is 32.1. The molecule has 0 aromatic carbocycles. The van der Waals surface area contributed by atoms with E-state index in [1.54, 1.807) is 11.3 Å². The van der Waals surface area contributed by atoms with Gasteiger partial charge in [0.1, 0.15) is 0 Å². The van der Waals surface area contributed by atoms with E-state index >= 15 is 0 Å². The maximum atomic E-state index is 11.0. The van der Waals surface area contributed by atoms with Crippen LogP contribution in [0.2, 0.25) is 0 Å². The average molecular weight is 293 g/mol. The summed E-state index contributed by atoms with van der Waals surface area (Å²) in [5, 5.41) is 15.0. The lowest BCUT2D eigenvalue weighted by Gasteiger charge is -2.29. The van der Waals surface area contributed by atoms with Gasteiger partial charge in [0.2, 0.25) is 0 Å². The molecular weight excluding hydrogens is 278 g/mol. The zero-order valence-electron chi connectivity index (χ0n) is 10.9. The van der Waals surface area contributed by atoms with Crippen LogP contribution in [-0.4, -0.2) is 39.2 Å². The Labute approximate surface area is 120 Å². The lowest BCUT2D eigenvalue weighted by molar-refractivity contribution is -0.143. The number of likely N-dealkylation sites (tertiary alicyclic amines) is 1. The number of thiophene rings is 1. The molecule has 0 saturated carbocycles. The molecule has 0 bridgehead atoms. The monoisotopic (exact) mass is 293 g/mol. The van der Waals surface area contributed by atoms with Crippen molar-refractivity contribution in [3.8, 4) is 10.8 Å². The maximum Gasteiger partial charge on any atom is 0.307 e. The highest BCUT2D eigenvalue weighted by Crippen LogP contribution is 2.23. The average Bonchev–Trinajstić information content (AvgIpc) is 3.09. The standard InChI is InChI=1S/C13H15N3O3S/c17-13(18)9-3-1-5-16(7-9)8-11-14-12(19-15-11)10-4-2-6-20-10/h2,4,6,9H,1,3,5,7-8H2,(H,17,18). The van der Waals surface area contributed by atoms with E-state index in [0.717, 1.165) is 24.3 Å². The normalized spacial score (nSPS) is 20.1. The van der Waals surface area contributed by atoms with Gasteiger partial charge in [-0.15, -0.1) is 11.3 Å². The van der Waals surface area contributed by atoms with Gasteiger partial charge in [0.05, 0.1) is 17.3 Å². The van der Waals surface area contributed by atoms with E-state index in [1.807, 2.05) is 17.5 Å². The van der Waals surface area contributed by atoms with Gasteiger partial charge < -0.3 is 9.63 Å². The van der Waals surface area contributed by atoms with Crippen molar-refractivity contribution in [1.82, 2.24) is 15.0 Å². The van der Waals surface area contributed by atoms with E-state index in [2.05, 4.69) is 15.0 Å². The molecule has 0 amide bonds. The fourth-order valence-corrected chi connectivity index (χ4v) is 3.06. The maximum absolute atomic E-state index is 11.0. The molecule has 1 aliphatic rings.